The minimum Gasteiger partial charge on any atom is -0.360 e. The maximum Gasteiger partial charge on any atom is 0.309 e. The SMILES string of the molecule is O=C(NCc1ccccc1)C(=O)NC[C@@H]1OCCCN1S(=O)(=O)c1ccc(F)cc1. The van der Waals surface area contributed by atoms with E-state index in [9.17, 15) is 22.4 Å². The first kappa shape index (κ1) is 21.9. The van der Waals surface area contributed by atoms with E-state index in [1.807, 2.05) is 30.3 Å². The van der Waals surface area contributed by atoms with Crippen LogP contribution in [0.3, 0.4) is 0 Å². The number of nitrogens with zero attached hydrogens (tertiary/aromatic N) is 1. The molecule has 1 fully saturated rings. The normalized spacial score (nSPS) is 17.3. The lowest BCUT2D eigenvalue weighted by atomic mass is 10.2. The fraction of sp³-hybridized carbons (Fsp3) is 0.300. The second-order valence-electron chi connectivity index (χ2n) is 6.63. The highest BCUT2D eigenvalue weighted by atomic mass is 32.2. The van der Waals surface area contributed by atoms with Crippen molar-refractivity contribution in [3.63, 3.8) is 0 Å². The number of amides is 2. The summed E-state index contributed by atoms with van der Waals surface area (Å²) in [4.78, 5) is 24.0. The molecule has 1 aliphatic rings. The highest BCUT2D eigenvalue weighted by Crippen LogP contribution is 2.22. The molecule has 1 atom stereocenters. The van der Waals surface area contributed by atoms with E-state index in [-0.39, 0.29) is 24.5 Å². The Bertz CT molecular complexity index is 983. The highest BCUT2D eigenvalue weighted by molar-refractivity contribution is 7.89. The van der Waals surface area contributed by atoms with E-state index in [2.05, 4.69) is 10.6 Å². The maximum atomic E-state index is 13.1. The van der Waals surface area contributed by atoms with Crippen molar-refractivity contribution in [3.8, 4) is 0 Å². The van der Waals surface area contributed by atoms with Gasteiger partial charge in [0.2, 0.25) is 10.0 Å². The Kier molecular flexibility index (Phi) is 7.14. The molecule has 1 heterocycles. The monoisotopic (exact) mass is 435 g/mol. The lowest BCUT2D eigenvalue weighted by molar-refractivity contribution is -0.140. The predicted octanol–water partition coefficient (Wildman–Crippen LogP) is 0.995. The van der Waals surface area contributed by atoms with Crippen LogP contribution in [0.5, 0.6) is 0 Å². The Morgan fingerprint density at radius 3 is 2.40 bits per heavy atom. The van der Waals surface area contributed by atoms with E-state index in [0.717, 1.165) is 22.0 Å². The molecule has 0 aromatic heterocycles. The van der Waals surface area contributed by atoms with Crippen LogP contribution in [-0.4, -0.2) is 50.5 Å². The van der Waals surface area contributed by atoms with Gasteiger partial charge in [-0.05, 0) is 36.2 Å². The van der Waals surface area contributed by atoms with Gasteiger partial charge in [0, 0.05) is 13.1 Å². The van der Waals surface area contributed by atoms with E-state index < -0.39 is 33.9 Å². The van der Waals surface area contributed by atoms with Crippen LogP contribution in [-0.2, 0) is 30.9 Å². The van der Waals surface area contributed by atoms with Gasteiger partial charge in [0.15, 0.2) is 0 Å². The van der Waals surface area contributed by atoms with Crippen molar-refractivity contribution < 1.29 is 27.1 Å². The Balaban J connectivity index is 1.59. The number of hydrogen-bond acceptors (Lipinski definition) is 5. The molecule has 10 heteroatoms. The fourth-order valence-electron chi connectivity index (χ4n) is 2.96. The van der Waals surface area contributed by atoms with Crippen LogP contribution in [0, 0.1) is 5.82 Å². The third-order valence-electron chi connectivity index (χ3n) is 4.51. The van der Waals surface area contributed by atoms with Crippen molar-refractivity contribution >= 4 is 21.8 Å². The minimum atomic E-state index is -3.95. The minimum absolute atomic E-state index is 0.0775. The summed E-state index contributed by atoms with van der Waals surface area (Å²) in [6.45, 7) is 0.493. The van der Waals surface area contributed by atoms with Crippen LogP contribution in [0.25, 0.3) is 0 Å². The van der Waals surface area contributed by atoms with Crippen molar-refractivity contribution in [2.75, 3.05) is 19.7 Å². The average Bonchev–Trinajstić information content (AvgIpc) is 2.77. The molecule has 1 saturated heterocycles. The van der Waals surface area contributed by atoms with E-state index >= 15 is 0 Å². The summed E-state index contributed by atoms with van der Waals surface area (Å²) in [5, 5.41) is 4.91. The second kappa shape index (κ2) is 9.79. The number of carbonyl (C=O) groups is 2. The molecule has 0 bridgehead atoms. The molecule has 2 aromatic rings. The van der Waals surface area contributed by atoms with Crippen molar-refractivity contribution in [2.24, 2.45) is 0 Å². The fourth-order valence-corrected chi connectivity index (χ4v) is 4.53. The van der Waals surface area contributed by atoms with Gasteiger partial charge in [-0.15, -0.1) is 0 Å². The lowest BCUT2D eigenvalue weighted by Gasteiger charge is -2.34. The molecular weight excluding hydrogens is 413 g/mol. The van der Waals surface area contributed by atoms with Crippen molar-refractivity contribution in [3.05, 3.63) is 66.0 Å². The number of halogens is 1. The molecule has 8 nitrogen and oxygen atoms in total. The molecule has 0 saturated carbocycles. The van der Waals surface area contributed by atoms with Gasteiger partial charge in [0.25, 0.3) is 0 Å². The third-order valence-corrected chi connectivity index (χ3v) is 6.42. The number of benzene rings is 2. The zero-order valence-electron chi connectivity index (χ0n) is 16.1. The molecular formula is C20H22FN3O5S. The van der Waals surface area contributed by atoms with E-state index in [0.29, 0.717) is 13.0 Å². The first-order chi connectivity index (χ1) is 14.4. The van der Waals surface area contributed by atoms with Gasteiger partial charge in [-0.25, -0.2) is 12.8 Å². The van der Waals surface area contributed by atoms with Crippen LogP contribution in [0.15, 0.2) is 59.5 Å². The molecule has 160 valence electrons. The molecule has 30 heavy (non-hydrogen) atoms. The summed E-state index contributed by atoms with van der Waals surface area (Å²) >= 11 is 0. The first-order valence-corrected chi connectivity index (χ1v) is 10.8. The van der Waals surface area contributed by atoms with Crippen molar-refractivity contribution in [1.29, 1.82) is 0 Å². The molecule has 0 aliphatic carbocycles. The topological polar surface area (TPSA) is 105 Å². The van der Waals surface area contributed by atoms with Gasteiger partial charge in [0.05, 0.1) is 18.0 Å². The summed E-state index contributed by atoms with van der Waals surface area (Å²) in [7, 11) is -3.95. The number of sulfonamides is 1. The smallest absolute Gasteiger partial charge is 0.309 e. The summed E-state index contributed by atoms with van der Waals surface area (Å²) < 4.78 is 45.5. The Morgan fingerprint density at radius 1 is 1.03 bits per heavy atom. The third kappa shape index (κ3) is 5.41. The van der Waals surface area contributed by atoms with E-state index in [1.165, 1.54) is 12.1 Å². The molecule has 2 N–H and O–H groups in total. The van der Waals surface area contributed by atoms with Gasteiger partial charge < -0.3 is 15.4 Å². The standard InChI is InChI=1S/C20H22FN3O5S/c21-16-7-9-17(10-8-16)30(27,28)24-11-4-12-29-18(24)14-23-20(26)19(25)22-13-15-5-2-1-3-6-15/h1-3,5-10,18H,4,11-14H2,(H,22,25)(H,23,26)/t18-/m0/s1. The molecule has 0 radical (unpaired) electrons. The maximum absolute atomic E-state index is 13.1. The van der Waals surface area contributed by atoms with Crippen LogP contribution in [0.2, 0.25) is 0 Å². The van der Waals surface area contributed by atoms with Crippen molar-refractivity contribution in [1.82, 2.24) is 14.9 Å². The molecule has 1 aliphatic heterocycles. The number of nitrogens with one attached hydrogen (secondary N) is 2. The van der Waals surface area contributed by atoms with Gasteiger partial charge >= 0.3 is 11.8 Å². The summed E-state index contributed by atoms with van der Waals surface area (Å²) in [5.74, 6) is -2.27. The Morgan fingerprint density at radius 2 is 1.70 bits per heavy atom. The molecule has 0 unspecified atom stereocenters. The molecule has 3 rings (SSSR count). The molecule has 2 aromatic carbocycles. The van der Waals surface area contributed by atoms with Gasteiger partial charge in [-0.3, -0.25) is 9.59 Å². The number of ether oxygens (including phenoxy) is 1. The quantitative estimate of drug-likeness (QED) is 0.659. The Labute approximate surface area is 174 Å². The van der Waals surface area contributed by atoms with E-state index in [4.69, 9.17) is 4.74 Å². The first-order valence-electron chi connectivity index (χ1n) is 9.37. The van der Waals surface area contributed by atoms with Gasteiger partial charge in [0.1, 0.15) is 12.0 Å². The average molecular weight is 435 g/mol. The zero-order chi connectivity index (χ0) is 21.6. The predicted molar refractivity (Wildman–Crippen MR) is 106 cm³/mol. The lowest BCUT2D eigenvalue weighted by Crippen LogP contribution is -2.53. The highest BCUT2D eigenvalue weighted by Gasteiger charge is 2.34. The van der Waals surface area contributed by atoms with E-state index in [1.54, 1.807) is 0 Å². The van der Waals surface area contributed by atoms with Crippen LogP contribution in [0.1, 0.15) is 12.0 Å². The number of carbonyl (C=O) groups excluding carboxylic acids is 2. The number of hydrogen-bond donors (Lipinski definition) is 2. The number of rotatable bonds is 6. The van der Waals surface area contributed by atoms with Crippen molar-refractivity contribution in [2.45, 2.75) is 24.1 Å². The molecule has 2 amide bonds. The molecule has 0 spiro atoms. The summed E-state index contributed by atoms with van der Waals surface area (Å²) in [6, 6.07) is 13.6. The van der Waals surface area contributed by atoms with Gasteiger partial charge in [-0.2, -0.15) is 4.31 Å². The summed E-state index contributed by atoms with van der Waals surface area (Å²) in [6.07, 6.45) is -0.498. The summed E-state index contributed by atoms with van der Waals surface area (Å²) in [5.41, 5.74) is 0.839. The Hall–Kier alpha value is -2.82. The largest absolute Gasteiger partial charge is 0.360 e. The van der Waals surface area contributed by atoms with Crippen LogP contribution in [0.4, 0.5) is 4.39 Å². The van der Waals surface area contributed by atoms with Gasteiger partial charge in [-0.1, -0.05) is 30.3 Å². The zero-order valence-corrected chi connectivity index (χ0v) is 16.9. The van der Waals surface area contributed by atoms with Crippen LogP contribution >= 0.6 is 0 Å². The second-order valence-corrected chi connectivity index (χ2v) is 8.52. The van der Waals surface area contributed by atoms with Crippen LogP contribution < -0.4 is 10.6 Å².